The summed E-state index contributed by atoms with van der Waals surface area (Å²) in [4.78, 5) is 0. The van der Waals surface area contributed by atoms with Gasteiger partial charge >= 0.3 is 0 Å². The summed E-state index contributed by atoms with van der Waals surface area (Å²) >= 11 is 0. The van der Waals surface area contributed by atoms with Crippen LogP contribution in [0.5, 0.6) is 0 Å². The average molecular weight is 296 g/mol. The molecule has 0 N–H and O–H groups in total. The van der Waals surface area contributed by atoms with Crippen LogP contribution in [0.2, 0.25) is 0 Å². The molecule has 0 saturated carbocycles. The van der Waals surface area contributed by atoms with Crippen LogP contribution in [-0.4, -0.2) is 33.4 Å². The molecule has 0 atom stereocenters. The van der Waals surface area contributed by atoms with Crippen LogP contribution in [0, 0.1) is 5.41 Å². The van der Waals surface area contributed by atoms with Gasteiger partial charge in [-0.2, -0.15) is 0 Å². The third kappa shape index (κ3) is 11.4. The third-order valence-corrected chi connectivity index (χ3v) is 3.57. The lowest BCUT2D eigenvalue weighted by molar-refractivity contribution is 0.119. The Morgan fingerprint density at radius 2 is 1.57 bits per heavy atom. The first-order valence-electron chi connectivity index (χ1n) is 8.36. The van der Waals surface area contributed by atoms with Crippen molar-refractivity contribution in [2.24, 2.45) is 5.41 Å². The highest BCUT2D eigenvalue weighted by Crippen LogP contribution is 2.22. The number of rotatable bonds is 12. The molecule has 1 heterocycles. The molecule has 0 amide bonds. The van der Waals surface area contributed by atoms with E-state index in [0.717, 1.165) is 19.6 Å². The van der Waals surface area contributed by atoms with Gasteiger partial charge in [-0.15, -0.1) is 5.10 Å². The summed E-state index contributed by atoms with van der Waals surface area (Å²) in [5.41, 5.74) is 0.500. The van der Waals surface area contributed by atoms with Crippen LogP contribution >= 0.6 is 0 Å². The molecule has 0 aliphatic carbocycles. The number of hydrogen-bond donors (Lipinski definition) is 0. The first-order chi connectivity index (χ1) is 10.1. The van der Waals surface area contributed by atoms with Crippen LogP contribution in [0.4, 0.5) is 0 Å². The minimum absolute atomic E-state index is 0.500. The van der Waals surface area contributed by atoms with Crippen molar-refractivity contribution in [3.63, 3.8) is 0 Å². The molecule has 0 aliphatic rings. The predicted octanol–water partition coefficient (Wildman–Crippen LogP) is 3.86. The molecule has 0 saturated heterocycles. The molecule has 1 aromatic heterocycles. The summed E-state index contributed by atoms with van der Waals surface area (Å²) < 4.78 is 7.27. The van der Waals surface area contributed by atoms with Crippen LogP contribution in [-0.2, 0) is 11.3 Å². The van der Waals surface area contributed by atoms with E-state index in [2.05, 4.69) is 36.3 Å². The van der Waals surface area contributed by atoms with E-state index >= 15 is 0 Å². The van der Waals surface area contributed by atoms with Gasteiger partial charge < -0.3 is 4.74 Å². The van der Waals surface area contributed by atoms with Gasteiger partial charge in [0.2, 0.25) is 0 Å². The van der Waals surface area contributed by atoms with Gasteiger partial charge in [-0.05, 0) is 28.7 Å². The smallest absolute Gasteiger partial charge is 0.138 e. The van der Waals surface area contributed by atoms with Crippen molar-refractivity contribution in [2.75, 3.05) is 13.2 Å². The normalized spacial score (nSPS) is 12.0. The summed E-state index contributed by atoms with van der Waals surface area (Å²) in [6.45, 7) is 9.26. The van der Waals surface area contributed by atoms with Gasteiger partial charge in [0.25, 0.3) is 0 Å². The van der Waals surface area contributed by atoms with Gasteiger partial charge in [0.1, 0.15) is 6.33 Å². The fraction of sp³-hybridized carbons (Fsp3) is 0.938. The molecule has 5 nitrogen and oxygen atoms in total. The molecule has 0 radical (unpaired) electrons. The SMILES string of the molecule is CC(C)(C)CCCCCCCCCOCCn1cnnn1. The molecule has 1 aromatic rings. The van der Waals surface area contributed by atoms with Crippen LogP contribution in [0.1, 0.15) is 72.1 Å². The minimum Gasteiger partial charge on any atom is -0.380 e. The lowest BCUT2D eigenvalue weighted by Gasteiger charge is -2.17. The molecule has 0 aliphatic heterocycles. The van der Waals surface area contributed by atoms with Crippen molar-refractivity contribution in [3.05, 3.63) is 6.33 Å². The van der Waals surface area contributed by atoms with Gasteiger partial charge in [-0.25, -0.2) is 4.68 Å². The largest absolute Gasteiger partial charge is 0.380 e. The molecular weight excluding hydrogens is 264 g/mol. The molecule has 5 heteroatoms. The summed E-state index contributed by atoms with van der Waals surface area (Å²) in [6, 6.07) is 0. The maximum atomic E-state index is 5.57. The maximum absolute atomic E-state index is 5.57. The van der Waals surface area contributed by atoms with Crippen molar-refractivity contribution in [3.8, 4) is 0 Å². The van der Waals surface area contributed by atoms with E-state index in [0.29, 0.717) is 12.0 Å². The van der Waals surface area contributed by atoms with E-state index in [1.54, 1.807) is 11.0 Å². The van der Waals surface area contributed by atoms with Gasteiger partial charge in [0, 0.05) is 6.61 Å². The molecule has 0 bridgehead atoms. The van der Waals surface area contributed by atoms with E-state index in [9.17, 15) is 0 Å². The Bertz CT molecular complexity index is 333. The van der Waals surface area contributed by atoms with Crippen LogP contribution in [0.25, 0.3) is 0 Å². The second kappa shape index (κ2) is 10.7. The summed E-state index contributed by atoms with van der Waals surface area (Å²) in [5.74, 6) is 0. The zero-order chi connectivity index (χ0) is 15.4. The lowest BCUT2D eigenvalue weighted by Crippen LogP contribution is -2.07. The summed E-state index contributed by atoms with van der Waals surface area (Å²) in [7, 11) is 0. The highest BCUT2D eigenvalue weighted by Gasteiger charge is 2.08. The van der Waals surface area contributed by atoms with E-state index in [1.165, 1.54) is 44.9 Å². The van der Waals surface area contributed by atoms with Crippen molar-refractivity contribution in [1.29, 1.82) is 0 Å². The van der Waals surface area contributed by atoms with E-state index in [1.807, 2.05) is 0 Å². The highest BCUT2D eigenvalue weighted by molar-refractivity contribution is 4.61. The van der Waals surface area contributed by atoms with E-state index < -0.39 is 0 Å². The van der Waals surface area contributed by atoms with Gasteiger partial charge in [-0.3, -0.25) is 0 Å². The lowest BCUT2D eigenvalue weighted by atomic mass is 9.89. The summed E-state index contributed by atoms with van der Waals surface area (Å²) in [5, 5.41) is 11.0. The molecule has 21 heavy (non-hydrogen) atoms. The fourth-order valence-corrected chi connectivity index (χ4v) is 2.29. The molecule has 1 rings (SSSR count). The Balaban J connectivity index is 1.75. The third-order valence-electron chi connectivity index (χ3n) is 3.57. The van der Waals surface area contributed by atoms with E-state index in [4.69, 9.17) is 4.74 Å². The van der Waals surface area contributed by atoms with Crippen molar-refractivity contribution < 1.29 is 4.74 Å². The maximum Gasteiger partial charge on any atom is 0.138 e. The fourth-order valence-electron chi connectivity index (χ4n) is 2.29. The quantitative estimate of drug-likeness (QED) is 0.550. The Hall–Kier alpha value is -0.970. The zero-order valence-corrected chi connectivity index (χ0v) is 14.1. The molecule has 0 fully saturated rings. The molecule has 0 aromatic carbocycles. The van der Waals surface area contributed by atoms with Gasteiger partial charge in [0.15, 0.2) is 0 Å². The average Bonchev–Trinajstić information content (AvgIpc) is 2.92. The Labute approximate surface area is 129 Å². The molecule has 0 spiro atoms. The first kappa shape index (κ1) is 18.1. The molecular formula is C16H32N4O. The van der Waals surface area contributed by atoms with Crippen molar-refractivity contribution in [1.82, 2.24) is 20.2 Å². The van der Waals surface area contributed by atoms with Gasteiger partial charge in [-0.1, -0.05) is 59.3 Å². The topological polar surface area (TPSA) is 52.8 Å². The number of aromatic nitrogens is 4. The molecule has 0 unspecified atom stereocenters. The number of hydrogen-bond acceptors (Lipinski definition) is 4. The van der Waals surface area contributed by atoms with Crippen LogP contribution < -0.4 is 0 Å². The number of tetrazole rings is 1. The predicted molar refractivity (Wildman–Crippen MR) is 85.0 cm³/mol. The van der Waals surface area contributed by atoms with Crippen LogP contribution in [0.15, 0.2) is 6.33 Å². The highest BCUT2D eigenvalue weighted by atomic mass is 16.5. The zero-order valence-electron chi connectivity index (χ0n) is 14.1. The van der Waals surface area contributed by atoms with Crippen molar-refractivity contribution >= 4 is 0 Å². The molecule has 122 valence electrons. The Morgan fingerprint density at radius 1 is 0.905 bits per heavy atom. The standard InChI is InChI=1S/C16H32N4O/c1-16(2,3)11-9-7-5-4-6-8-10-13-21-14-12-20-15-17-18-19-20/h15H,4-14H2,1-3H3. The summed E-state index contributed by atoms with van der Waals surface area (Å²) in [6.07, 6.45) is 12.3. The van der Waals surface area contributed by atoms with Gasteiger partial charge in [0.05, 0.1) is 13.2 Å². The minimum atomic E-state index is 0.500. The Morgan fingerprint density at radius 3 is 2.19 bits per heavy atom. The van der Waals surface area contributed by atoms with Crippen LogP contribution in [0.3, 0.4) is 0 Å². The second-order valence-corrected chi connectivity index (χ2v) is 6.97. The number of nitrogens with zero attached hydrogens (tertiary/aromatic N) is 4. The Kier molecular flexibility index (Phi) is 9.22. The van der Waals surface area contributed by atoms with Crippen molar-refractivity contribution in [2.45, 2.75) is 78.7 Å². The monoisotopic (exact) mass is 296 g/mol. The number of unbranched alkanes of at least 4 members (excludes halogenated alkanes) is 6. The van der Waals surface area contributed by atoms with E-state index in [-0.39, 0.29) is 0 Å². The second-order valence-electron chi connectivity index (χ2n) is 6.97. The number of ether oxygens (including phenoxy) is 1. The first-order valence-corrected chi connectivity index (χ1v) is 8.36.